The molecule has 0 radical (unpaired) electrons. The molecule has 3 aromatic rings. The van der Waals surface area contributed by atoms with E-state index in [0.717, 1.165) is 12.7 Å². The molecule has 0 amide bonds. The molecule has 0 bridgehead atoms. The molecule has 204 valence electrons. The molecule has 0 saturated heterocycles. The summed E-state index contributed by atoms with van der Waals surface area (Å²) < 4.78 is 38.2. The zero-order valence-electron chi connectivity index (χ0n) is 21.9. The Morgan fingerprint density at radius 1 is 0.925 bits per heavy atom. The monoisotopic (exact) mass is 558 g/mol. The SMILES string of the molecule is COC(=O)C1=C(C(=O)OC)N(c2ccc(NS(=O)(=O)c3ccc(C)cc3)cc2)C(N)=C(C#N)C1c1ccccc1. The number of ether oxygens (including phenoxy) is 2. The Labute approximate surface area is 232 Å². The lowest BCUT2D eigenvalue weighted by molar-refractivity contribution is -0.139. The van der Waals surface area contributed by atoms with Crippen LogP contribution in [0.1, 0.15) is 17.0 Å². The number of sulfonamides is 1. The molecule has 1 unspecified atom stereocenters. The summed E-state index contributed by atoms with van der Waals surface area (Å²) >= 11 is 0. The van der Waals surface area contributed by atoms with Gasteiger partial charge in [-0.05, 0) is 48.9 Å². The molecule has 1 atom stereocenters. The van der Waals surface area contributed by atoms with Crippen LogP contribution in [0.15, 0.2) is 106 Å². The number of carbonyl (C=O) groups excluding carboxylic acids is 2. The Kier molecular flexibility index (Phi) is 7.93. The van der Waals surface area contributed by atoms with Crippen LogP contribution in [-0.2, 0) is 29.1 Å². The van der Waals surface area contributed by atoms with Crippen LogP contribution in [-0.4, -0.2) is 34.6 Å². The summed E-state index contributed by atoms with van der Waals surface area (Å²) in [5, 5.41) is 10.1. The number of methoxy groups -OCH3 is 2. The van der Waals surface area contributed by atoms with E-state index in [0.29, 0.717) is 5.56 Å². The lowest BCUT2D eigenvalue weighted by Crippen LogP contribution is -2.40. The fourth-order valence-electron chi connectivity index (χ4n) is 4.39. The van der Waals surface area contributed by atoms with Crippen molar-refractivity contribution in [3.05, 3.63) is 113 Å². The van der Waals surface area contributed by atoms with E-state index >= 15 is 0 Å². The van der Waals surface area contributed by atoms with E-state index in [2.05, 4.69) is 10.8 Å². The van der Waals surface area contributed by atoms with Crippen molar-refractivity contribution in [2.24, 2.45) is 5.73 Å². The molecule has 1 aliphatic heterocycles. The molecule has 0 aliphatic carbocycles. The molecule has 1 aliphatic rings. The van der Waals surface area contributed by atoms with E-state index in [9.17, 15) is 23.3 Å². The molecule has 3 aromatic carbocycles. The summed E-state index contributed by atoms with van der Waals surface area (Å²) in [4.78, 5) is 27.6. The average molecular weight is 559 g/mol. The molecule has 0 fully saturated rings. The maximum Gasteiger partial charge on any atom is 0.355 e. The van der Waals surface area contributed by atoms with Gasteiger partial charge in [0.25, 0.3) is 10.0 Å². The van der Waals surface area contributed by atoms with Gasteiger partial charge in [0, 0.05) is 11.4 Å². The minimum atomic E-state index is -3.87. The van der Waals surface area contributed by atoms with E-state index < -0.39 is 27.9 Å². The zero-order chi connectivity index (χ0) is 29.0. The number of nitrogens with zero attached hydrogens (tertiary/aromatic N) is 2. The highest BCUT2D eigenvalue weighted by Crippen LogP contribution is 2.43. The predicted octanol–water partition coefficient (Wildman–Crippen LogP) is 3.69. The average Bonchev–Trinajstić information content (AvgIpc) is 2.96. The molecule has 0 spiro atoms. The Morgan fingerprint density at radius 2 is 1.52 bits per heavy atom. The molecule has 40 heavy (non-hydrogen) atoms. The van der Waals surface area contributed by atoms with E-state index in [1.165, 1.54) is 48.4 Å². The van der Waals surface area contributed by atoms with E-state index in [-0.39, 0.29) is 38.9 Å². The number of hydrogen-bond donors (Lipinski definition) is 2. The van der Waals surface area contributed by atoms with Crippen molar-refractivity contribution >= 4 is 33.3 Å². The molecule has 4 rings (SSSR count). The molecular formula is C29H26N4O6S. The number of aryl methyl sites for hydroxylation is 1. The molecule has 1 heterocycles. The number of nitrogens with two attached hydrogens (primary N) is 1. The van der Waals surface area contributed by atoms with E-state index in [1.807, 2.05) is 6.92 Å². The van der Waals surface area contributed by atoms with Crippen LogP contribution in [0.5, 0.6) is 0 Å². The molecule has 11 heteroatoms. The maximum absolute atomic E-state index is 13.2. The number of anilines is 2. The summed E-state index contributed by atoms with van der Waals surface area (Å²) in [5.74, 6) is -2.82. The second kappa shape index (κ2) is 11.3. The van der Waals surface area contributed by atoms with Crippen LogP contribution >= 0.6 is 0 Å². The van der Waals surface area contributed by atoms with Gasteiger partial charge in [-0.1, -0.05) is 48.0 Å². The number of hydrogen-bond acceptors (Lipinski definition) is 9. The summed E-state index contributed by atoms with van der Waals surface area (Å²) in [6, 6.07) is 23.0. The minimum absolute atomic E-state index is 0.0170. The Balaban J connectivity index is 1.83. The maximum atomic E-state index is 13.2. The summed E-state index contributed by atoms with van der Waals surface area (Å²) in [6.07, 6.45) is 0. The fourth-order valence-corrected chi connectivity index (χ4v) is 5.45. The van der Waals surface area contributed by atoms with Gasteiger partial charge in [0.15, 0.2) is 0 Å². The Bertz CT molecular complexity index is 1660. The second-order valence-corrected chi connectivity index (χ2v) is 10.5. The first kappa shape index (κ1) is 27.9. The first-order valence-corrected chi connectivity index (χ1v) is 13.5. The van der Waals surface area contributed by atoms with Crippen LogP contribution in [0.2, 0.25) is 0 Å². The van der Waals surface area contributed by atoms with Gasteiger partial charge in [-0.3, -0.25) is 9.62 Å². The lowest BCUT2D eigenvalue weighted by atomic mass is 9.81. The smallest absolute Gasteiger partial charge is 0.355 e. The van der Waals surface area contributed by atoms with E-state index in [4.69, 9.17) is 15.2 Å². The quantitative estimate of drug-likeness (QED) is 0.414. The topological polar surface area (TPSA) is 152 Å². The molecule has 10 nitrogen and oxygen atoms in total. The molecular weight excluding hydrogens is 532 g/mol. The lowest BCUT2D eigenvalue weighted by Gasteiger charge is -2.35. The van der Waals surface area contributed by atoms with Gasteiger partial charge in [-0.15, -0.1) is 0 Å². The van der Waals surface area contributed by atoms with Crippen molar-refractivity contribution in [2.45, 2.75) is 17.7 Å². The van der Waals surface area contributed by atoms with Gasteiger partial charge in [-0.2, -0.15) is 5.26 Å². The normalized spacial score (nSPS) is 15.3. The highest BCUT2D eigenvalue weighted by Gasteiger charge is 2.43. The van der Waals surface area contributed by atoms with Gasteiger partial charge in [0.05, 0.1) is 42.2 Å². The number of esters is 2. The second-order valence-electron chi connectivity index (χ2n) is 8.80. The first-order valence-electron chi connectivity index (χ1n) is 12.0. The van der Waals surface area contributed by atoms with E-state index in [1.54, 1.807) is 42.5 Å². The number of allylic oxidation sites excluding steroid dienone is 1. The zero-order valence-corrected chi connectivity index (χ0v) is 22.7. The van der Waals surface area contributed by atoms with Gasteiger partial charge in [-0.25, -0.2) is 18.0 Å². The van der Waals surface area contributed by atoms with Crippen molar-refractivity contribution in [3.8, 4) is 6.07 Å². The third-order valence-corrected chi connectivity index (χ3v) is 7.72. The highest BCUT2D eigenvalue weighted by atomic mass is 32.2. The molecule has 0 aromatic heterocycles. The molecule has 0 saturated carbocycles. The van der Waals surface area contributed by atoms with Crippen LogP contribution in [0.25, 0.3) is 0 Å². The van der Waals surface area contributed by atoms with Gasteiger partial charge in [0.2, 0.25) is 0 Å². The van der Waals surface area contributed by atoms with Gasteiger partial charge in [0.1, 0.15) is 11.5 Å². The highest BCUT2D eigenvalue weighted by molar-refractivity contribution is 7.92. The third-order valence-electron chi connectivity index (χ3n) is 6.32. The number of rotatable bonds is 7. The summed E-state index contributed by atoms with van der Waals surface area (Å²) in [5.41, 5.74) is 8.12. The van der Waals surface area contributed by atoms with Gasteiger partial charge < -0.3 is 15.2 Å². The van der Waals surface area contributed by atoms with Crippen molar-refractivity contribution in [1.82, 2.24) is 0 Å². The van der Waals surface area contributed by atoms with Crippen molar-refractivity contribution in [3.63, 3.8) is 0 Å². The van der Waals surface area contributed by atoms with Crippen LogP contribution in [0, 0.1) is 18.3 Å². The number of nitriles is 1. The van der Waals surface area contributed by atoms with Crippen molar-refractivity contribution in [2.75, 3.05) is 23.8 Å². The largest absolute Gasteiger partial charge is 0.466 e. The number of benzene rings is 3. The Morgan fingerprint density at radius 3 is 2.08 bits per heavy atom. The first-order chi connectivity index (χ1) is 19.1. The fraction of sp³-hybridized carbons (Fsp3) is 0.138. The minimum Gasteiger partial charge on any atom is -0.466 e. The number of nitrogens with one attached hydrogen (secondary N) is 1. The standard InChI is InChI=1S/C29H26N4O6S/c1-18-9-15-22(16-10-18)40(36,37)32-20-11-13-21(14-12-20)33-26(29(35)39-3)25(28(34)38-2)24(23(17-30)27(33)31)19-7-5-4-6-8-19/h4-16,24,32H,31H2,1-3H3. The van der Waals surface area contributed by atoms with Crippen molar-refractivity contribution in [1.29, 1.82) is 5.26 Å². The third kappa shape index (κ3) is 5.25. The van der Waals surface area contributed by atoms with Crippen LogP contribution < -0.4 is 15.4 Å². The number of carbonyl (C=O) groups is 2. The predicted molar refractivity (Wildman–Crippen MR) is 148 cm³/mol. The van der Waals surface area contributed by atoms with Crippen LogP contribution in [0.3, 0.4) is 0 Å². The molecule has 3 N–H and O–H groups in total. The van der Waals surface area contributed by atoms with Crippen LogP contribution in [0.4, 0.5) is 11.4 Å². The van der Waals surface area contributed by atoms with Crippen molar-refractivity contribution < 1.29 is 27.5 Å². The van der Waals surface area contributed by atoms with Gasteiger partial charge >= 0.3 is 11.9 Å². The Hall–Kier alpha value is -5.08. The summed E-state index contributed by atoms with van der Waals surface area (Å²) in [6.45, 7) is 1.85. The summed E-state index contributed by atoms with van der Waals surface area (Å²) in [7, 11) is -1.54.